The summed E-state index contributed by atoms with van der Waals surface area (Å²) in [5, 5.41) is 1.04. The first-order valence-electron chi connectivity index (χ1n) is 10.5. The molecule has 1 unspecified atom stereocenters. The van der Waals surface area contributed by atoms with Gasteiger partial charge in [0, 0.05) is 18.1 Å². The molecule has 170 valence electrons. The molecule has 1 aliphatic heterocycles. The molecule has 9 heteroatoms. The lowest BCUT2D eigenvalue weighted by atomic mass is 10.1. The fourth-order valence-electron chi connectivity index (χ4n) is 3.72. The van der Waals surface area contributed by atoms with Crippen LogP contribution in [0.25, 0.3) is 10.2 Å². The highest BCUT2D eigenvalue weighted by Gasteiger charge is 2.28. The standard InChI is InChI=1S/C23H25ClN2O4S2/c1-15-5-10-20-22(16(15)2)25-23(31-20)26(14-18-4-3-12-30-18)21(27)11-13-32(28,29)19-8-6-17(24)7-9-19/h5-10,18H,3-4,11-14H2,1-2H3. The molecule has 0 radical (unpaired) electrons. The average molecular weight is 493 g/mol. The Balaban J connectivity index is 1.58. The van der Waals surface area contributed by atoms with Crippen LogP contribution in [0, 0.1) is 13.8 Å². The molecular formula is C23H25ClN2O4S2. The summed E-state index contributed by atoms with van der Waals surface area (Å²) < 4.78 is 32.2. The third kappa shape index (κ3) is 4.98. The van der Waals surface area contributed by atoms with Gasteiger partial charge in [-0.25, -0.2) is 13.4 Å². The predicted octanol–water partition coefficient (Wildman–Crippen LogP) is 4.94. The van der Waals surface area contributed by atoms with Crippen LogP contribution in [-0.4, -0.2) is 44.3 Å². The van der Waals surface area contributed by atoms with Gasteiger partial charge in [0.05, 0.1) is 33.5 Å². The van der Waals surface area contributed by atoms with Crippen LogP contribution in [-0.2, 0) is 19.4 Å². The zero-order chi connectivity index (χ0) is 22.9. The Morgan fingerprint density at radius 1 is 1.22 bits per heavy atom. The van der Waals surface area contributed by atoms with E-state index in [4.69, 9.17) is 21.3 Å². The van der Waals surface area contributed by atoms with Gasteiger partial charge in [-0.15, -0.1) is 0 Å². The van der Waals surface area contributed by atoms with E-state index >= 15 is 0 Å². The van der Waals surface area contributed by atoms with Crippen LogP contribution in [0.4, 0.5) is 5.13 Å². The Morgan fingerprint density at radius 3 is 2.66 bits per heavy atom. The first-order chi connectivity index (χ1) is 15.2. The van der Waals surface area contributed by atoms with Crippen LogP contribution >= 0.6 is 22.9 Å². The van der Waals surface area contributed by atoms with Gasteiger partial charge in [-0.1, -0.05) is 29.0 Å². The lowest BCUT2D eigenvalue weighted by molar-refractivity contribution is -0.118. The van der Waals surface area contributed by atoms with Crippen molar-refractivity contribution in [3.63, 3.8) is 0 Å². The minimum absolute atomic E-state index is 0.0679. The molecule has 1 fully saturated rings. The number of anilines is 1. The van der Waals surface area contributed by atoms with Gasteiger partial charge in [0.25, 0.3) is 0 Å². The smallest absolute Gasteiger partial charge is 0.229 e. The number of rotatable bonds is 7. The van der Waals surface area contributed by atoms with Crippen molar-refractivity contribution >= 4 is 54.0 Å². The monoisotopic (exact) mass is 492 g/mol. The van der Waals surface area contributed by atoms with Gasteiger partial charge >= 0.3 is 0 Å². The second-order valence-electron chi connectivity index (χ2n) is 8.01. The number of carbonyl (C=O) groups is 1. The lowest BCUT2D eigenvalue weighted by Crippen LogP contribution is -2.38. The molecule has 1 atom stereocenters. The summed E-state index contributed by atoms with van der Waals surface area (Å²) in [6, 6.07) is 10.1. The summed E-state index contributed by atoms with van der Waals surface area (Å²) in [6.45, 7) is 5.10. The van der Waals surface area contributed by atoms with Crippen LogP contribution < -0.4 is 4.90 Å². The number of halogens is 1. The molecule has 2 aromatic carbocycles. The summed E-state index contributed by atoms with van der Waals surface area (Å²) in [5.41, 5.74) is 3.10. The van der Waals surface area contributed by atoms with Crippen LogP contribution in [0.3, 0.4) is 0 Å². The van der Waals surface area contributed by atoms with Crippen molar-refractivity contribution in [2.45, 2.75) is 44.1 Å². The van der Waals surface area contributed by atoms with Crippen molar-refractivity contribution in [3.8, 4) is 0 Å². The quantitative estimate of drug-likeness (QED) is 0.466. The number of fused-ring (bicyclic) bond motifs is 1. The molecule has 1 aliphatic rings. The average Bonchev–Trinajstić information content (AvgIpc) is 3.43. The van der Waals surface area contributed by atoms with Crippen molar-refractivity contribution in [1.82, 2.24) is 4.98 Å². The molecule has 0 bridgehead atoms. The first kappa shape index (κ1) is 23.2. The van der Waals surface area contributed by atoms with Gasteiger partial charge in [-0.2, -0.15) is 0 Å². The molecule has 0 saturated carbocycles. The maximum absolute atomic E-state index is 13.2. The molecule has 0 spiro atoms. The van der Waals surface area contributed by atoms with E-state index in [1.165, 1.54) is 35.6 Å². The number of aryl methyl sites for hydroxylation is 2. The van der Waals surface area contributed by atoms with Gasteiger partial charge in [-0.05, 0) is 68.1 Å². The van der Waals surface area contributed by atoms with Gasteiger partial charge in [0.15, 0.2) is 15.0 Å². The van der Waals surface area contributed by atoms with Crippen LogP contribution in [0.1, 0.15) is 30.4 Å². The molecule has 1 aromatic heterocycles. The number of hydrogen-bond acceptors (Lipinski definition) is 6. The number of aromatic nitrogens is 1. The third-order valence-electron chi connectivity index (χ3n) is 5.77. The Hall–Kier alpha value is -2.00. The molecule has 0 aliphatic carbocycles. The van der Waals surface area contributed by atoms with Crippen LogP contribution in [0.15, 0.2) is 41.3 Å². The molecule has 1 amide bonds. The van der Waals surface area contributed by atoms with Gasteiger partial charge < -0.3 is 4.74 Å². The van der Waals surface area contributed by atoms with E-state index in [0.29, 0.717) is 23.3 Å². The Morgan fingerprint density at radius 2 is 1.97 bits per heavy atom. The zero-order valence-electron chi connectivity index (χ0n) is 18.0. The van der Waals surface area contributed by atoms with Gasteiger partial charge in [0.2, 0.25) is 5.91 Å². The van der Waals surface area contributed by atoms with E-state index in [0.717, 1.165) is 34.2 Å². The maximum Gasteiger partial charge on any atom is 0.229 e. The molecule has 3 aromatic rings. The molecule has 2 heterocycles. The molecule has 1 saturated heterocycles. The second-order valence-corrected chi connectivity index (χ2v) is 11.6. The molecular weight excluding hydrogens is 468 g/mol. The number of hydrogen-bond donors (Lipinski definition) is 0. The number of benzene rings is 2. The Labute approximate surface area is 197 Å². The first-order valence-corrected chi connectivity index (χ1v) is 13.4. The van der Waals surface area contributed by atoms with Crippen molar-refractivity contribution in [1.29, 1.82) is 0 Å². The maximum atomic E-state index is 13.2. The molecule has 0 N–H and O–H groups in total. The fourth-order valence-corrected chi connectivity index (χ4v) is 6.13. The van der Waals surface area contributed by atoms with Crippen LogP contribution in [0.5, 0.6) is 0 Å². The normalized spacial score (nSPS) is 16.5. The summed E-state index contributed by atoms with van der Waals surface area (Å²) in [6.07, 6.45) is 1.62. The second kappa shape index (κ2) is 9.47. The van der Waals surface area contributed by atoms with E-state index < -0.39 is 9.84 Å². The highest BCUT2D eigenvalue weighted by atomic mass is 35.5. The third-order valence-corrected chi connectivity index (χ3v) is 8.80. The molecule has 4 rings (SSSR count). The van der Waals surface area contributed by atoms with Crippen molar-refractivity contribution < 1.29 is 17.9 Å². The largest absolute Gasteiger partial charge is 0.376 e. The minimum atomic E-state index is -3.61. The number of thiazole rings is 1. The van der Waals surface area contributed by atoms with Gasteiger partial charge in [-0.3, -0.25) is 9.69 Å². The number of carbonyl (C=O) groups excluding carboxylic acids is 1. The topological polar surface area (TPSA) is 76.6 Å². The fraction of sp³-hybridized carbons (Fsp3) is 0.391. The molecule has 32 heavy (non-hydrogen) atoms. The number of amides is 1. The number of ether oxygens (including phenoxy) is 1. The SMILES string of the molecule is Cc1ccc2sc(N(CC3CCCO3)C(=O)CCS(=O)(=O)c3ccc(Cl)cc3)nc2c1C. The van der Waals surface area contributed by atoms with Gasteiger partial charge in [0.1, 0.15) is 0 Å². The number of nitrogens with zero attached hydrogens (tertiary/aromatic N) is 2. The predicted molar refractivity (Wildman–Crippen MR) is 129 cm³/mol. The van der Waals surface area contributed by atoms with E-state index in [2.05, 4.69) is 0 Å². The lowest BCUT2D eigenvalue weighted by Gasteiger charge is -2.23. The van der Waals surface area contributed by atoms with Crippen LogP contribution in [0.2, 0.25) is 5.02 Å². The Kier molecular flexibility index (Phi) is 6.86. The van der Waals surface area contributed by atoms with E-state index in [9.17, 15) is 13.2 Å². The van der Waals surface area contributed by atoms with E-state index in [-0.39, 0.29) is 29.1 Å². The molecule has 6 nitrogen and oxygen atoms in total. The number of sulfone groups is 1. The summed E-state index contributed by atoms with van der Waals surface area (Å²) >= 11 is 7.31. The summed E-state index contributed by atoms with van der Waals surface area (Å²) in [4.78, 5) is 19.8. The summed E-state index contributed by atoms with van der Waals surface area (Å²) in [7, 11) is -3.61. The van der Waals surface area contributed by atoms with Crippen molar-refractivity contribution in [2.24, 2.45) is 0 Å². The van der Waals surface area contributed by atoms with E-state index in [1.54, 1.807) is 4.90 Å². The zero-order valence-corrected chi connectivity index (χ0v) is 20.4. The minimum Gasteiger partial charge on any atom is -0.376 e. The highest BCUT2D eigenvalue weighted by molar-refractivity contribution is 7.91. The van der Waals surface area contributed by atoms with Crippen molar-refractivity contribution in [3.05, 3.63) is 52.5 Å². The Bertz CT molecular complexity index is 1230. The highest BCUT2D eigenvalue weighted by Crippen LogP contribution is 2.33. The van der Waals surface area contributed by atoms with E-state index in [1.807, 2.05) is 26.0 Å². The van der Waals surface area contributed by atoms with Crippen molar-refractivity contribution in [2.75, 3.05) is 23.8 Å². The summed E-state index contributed by atoms with van der Waals surface area (Å²) in [5.74, 6) is -0.551.